The first-order chi connectivity index (χ1) is 13.1. The number of anilines is 2. The van der Waals surface area contributed by atoms with Crippen molar-refractivity contribution in [3.8, 4) is 0 Å². The van der Waals surface area contributed by atoms with Gasteiger partial charge in [-0.1, -0.05) is 43.7 Å². The molecule has 0 saturated carbocycles. The van der Waals surface area contributed by atoms with Crippen LogP contribution >= 0.6 is 11.8 Å². The predicted octanol–water partition coefficient (Wildman–Crippen LogP) is 3.32. The highest BCUT2D eigenvalue weighted by atomic mass is 32.2. The number of thioether (sulfide) groups is 1. The topological polar surface area (TPSA) is 80.1 Å². The molecule has 3 rings (SSSR count). The number of para-hydroxylation sites is 2. The largest absolute Gasteiger partial charge is 0.324 e. The molecule has 1 aliphatic rings. The molecule has 1 aromatic heterocycles. The fourth-order valence-electron chi connectivity index (χ4n) is 3.21. The molecule has 8 heteroatoms. The fraction of sp³-hybridized carbons (Fsp3) is 0.474. The van der Waals surface area contributed by atoms with Crippen LogP contribution in [0.1, 0.15) is 39.5 Å². The molecule has 0 radical (unpaired) electrons. The molecule has 7 nitrogen and oxygen atoms in total. The molecule has 2 amide bonds. The van der Waals surface area contributed by atoms with Crippen LogP contribution in [0, 0.1) is 0 Å². The summed E-state index contributed by atoms with van der Waals surface area (Å²) in [4.78, 5) is 26.8. The summed E-state index contributed by atoms with van der Waals surface area (Å²) in [6, 6.07) is 7.21. The quantitative estimate of drug-likeness (QED) is 0.582. The molecule has 0 saturated heterocycles. The van der Waals surface area contributed by atoms with E-state index >= 15 is 0 Å². The van der Waals surface area contributed by atoms with E-state index in [1.807, 2.05) is 35.8 Å². The van der Waals surface area contributed by atoms with E-state index in [4.69, 9.17) is 0 Å². The number of amides is 2. The number of nitrogens with one attached hydrogen (secondary N) is 1. The Kier molecular flexibility index (Phi) is 6.49. The van der Waals surface area contributed by atoms with Crippen LogP contribution in [-0.2, 0) is 16.1 Å². The van der Waals surface area contributed by atoms with Gasteiger partial charge >= 0.3 is 0 Å². The third kappa shape index (κ3) is 4.68. The highest BCUT2D eigenvalue weighted by molar-refractivity contribution is 7.99. The smallest absolute Gasteiger partial charge is 0.237 e. The molecule has 1 atom stereocenters. The van der Waals surface area contributed by atoms with Crippen LogP contribution in [0.2, 0.25) is 0 Å². The zero-order valence-electron chi connectivity index (χ0n) is 15.7. The first-order valence-electron chi connectivity index (χ1n) is 9.31. The molecule has 0 bridgehead atoms. The van der Waals surface area contributed by atoms with Crippen molar-refractivity contribution in [3.63, 3.8) is 0 Å². The second-order valence-corrected chi connectivity index (χ2v) is 7.63. The van der Waals surface area contributed by atoms with Gasteiger partial charge in [0.25, 0.3) is 0 Å². The SMILES string of the molecule is CCCCCn1cnnc1SCC(=O)N1c2ccccc2NC(=O)C[C@H]1C. The molecule has 0 unspecified atom stereocenters. The van der Waals surface area contributed by atoms with E-state index in [0.29, 0.717) is 5.69 Å². The number of aromatic nitrogens is 3. The summed E-state index contributed by atoms with van der Waals surface area (Å²) >= 11 is 1.39. The van der Waals surface area contributed by atoms with Gasteiger partial charge in [-0.15, -0.1) is 10.2 Å². The monoisotopic (exact) mass is 387 g/mol. The Labute approximate surface area is 163 Å². The summed E-state index contributed by atoms with van der Waals surface area (Å²) in [5.41, 5.74) is 1.42. The lowest BCUT2D eigenvalue weighted by Crippen LogP contribution is -2.40. The summed E-state index contributed by atoms with van der Waals surface area (Å²) in [6.07, 6.45) is 5.37. The minimum Gasteiger partial charge on any atom is -0.324 e. The summed E-state index contributed by atoms with van der Waals surface area (Å²) in [6.45, 7) is 4.93. The molecule has 144 valence electrons. The number of carbonyl (C=O) groups excluding carboxylic acids is 2. The average Bonchev–Trinajstić information content (AvgIpc) is 3.03. The maximum absolute atomic E-state index is 13.0. The van der Waals surface area contributed by atoms with Gasteiger partial charge in [0.1, 0.15) is 6.33 Å². The van der Waals surface area contributed by atoms with Gasteiger partial charge in [0.05, 0.1) is 17.1 Å². The number of unbranched alkanes of at least 4 members (excludes halogenated alkanes) is 2. The summed E-state index contributed by atoms with van der Waals surface area (Å²) in [7, 11) is 0. The second kappa shape index (κ2) is 9.03. The highest BCUT2D eigenvalue weighted by Gasteiger charge is 2.29. The van der Waals surface area contributed by atoms with Gasteiger partial charge in [0, 0.05) is 19.0 Å². The number of fused-ring (bicyclic) bond motifs is 1. The van der Waals surface area contributed by atoms with Crippen molar-refractivity contribution in [2.45, 2.75) is 57.3 Å². The fourth-order valence-corrected chi connectivity index (χ4v) is 4.01. The van der Waals surface area contributed by atoms with Gasteiger partial charge in [-0.3, -0.25) is 9.59 Å². The number of hydrogen-bond acceptors (Lipinski definition) is 5. The van der Waals surface area contributed by atoms with E-state index in [1.54, 1.807) is 11.2 Å². The molecule has 1 N–H and O–H groups in total. The lowest BCUT2D eigenvalue weighted by molar-refractivity contribution is -0.117. The van der Waals surface area contributed by atoms with E-state index in [1.165, 1.54) is 11.8 Å². The van der Waals surface area contributed by atoms with E-state index in [0.717, 1.165) is 36.7 Å². The van der Waals surface area contributed by atoms with E-state index in [-0.39, 0.29) is 30.0 Å². The Morgan fingerprint density at radius 1 is 1.33 bits per heavy atom. The predicted molar refractivity (Wildman–Crippen MR) is 107 cm³/mol. The number of benzene rings is 1. The van der Waals surface area contributed by atoms with Gasteiger partial charge in [0.2, 0.25) is 11.8 Å². The maximum Gasteiger partial charge on any atom is 0.237 e. The minimum absolute atomic E-state index is 0.0421. The van der Waals surface area contributed by atoms with Gasteiger partial charge in [-0.25, -0.2) is 0 Å². The van der Waals surface area contributed by atoms with Crippen LogP contribution in [0.4, 0.5) is 11.4 Å². The van der Waals surface area contributed by atoms with Crippen LogP contribution in [-0.4, -0.2) is 38.4 Å². The number of aryl methyl sites for hydroxylation is 1. The van der Waals surface area contributed by atoms with E-state index < -0.39 is 0 Å². The van der Waals surface area contributed by atoms with Crippen molar-refractivity contribution in [2.24, 2.45) is 0 Å². The standard InChI is InChI=1S/C19H25N5O2S/c1-3-4-7-10-23-13-20-22-19(23)27-12-18(26)24-14(2)11-17(25)21-15-8-5-6-9-16(15)24/h5-6,8-9,13-14H,3-4,7,10-12H2,1-2H3,(H,21,25)/t14-/m1/s1. The van der Waals surface area contributed by atoms with Crippen LogP contribution in [0.3, 0.4) is 0 Å². The number of carbonyl (C=O) groups is 2. The first kappa shape index (κ1) is 19.4. The third-order valence-corrected chi connectivity index (χ3v) is 5.50. The lowest BCUT2D eigenvalue weighted by Gasteiger charge is -2.27. The molecular formula is C19H25N5O2S. The lowest BCUT2D eigenvalue weighted by atomic mass is 10.2. The van der Waals surface area contributed by atoms with Gasteiger partial charge < -0.3 is 14.8 Å². The zero-order valence-corrected chi connectivity index (χ0v) is 16.5. The first-order valence-corrected chi connectivity index (χ1v) is 10.3. The molecule has 27 heavy (non-hydrogen) atoms. The molecule has 1 aliphatic heterocycles. The van der Waals surface area contributed by atoms with E-state index in [2.05, 4.69) is 22.4 Å². The van der Waals surface area contributed by atoms with Gasteiger partial charge in [-0.2, -0.15) is 0 Å². The Hall–Kier alpha value is -2.35. The number of hydrogen-bond donors (Lipinski definition) is 1. The number of nitrogens with zero attached hydrogens (tertiary/aromatic N) is 4. The summed E-state index contributed by atoms with van der Waals surface area (Å²) < 4.78 is 2.00. The third-order valence-electron chi connectivity index (χ3n) is 4.54. The maximum atomic E-state index is 13.0. The number of rotatable bonds is 7. The molecule has 1 aromatic carbocycles. The van der Waals surface area contributed by atoms with Gasteiger partial charge in [-0.05, 0) is 25.5 Å². The second-order valence-electron chi connectivity index (χ2n) is 6.68. The molecule has 0 aliphatic carbocycles. The summed E-state index contributed by atoms with van der Waals surface area (Å²) in [5, 5.41) is 11.8. The Balaban J connectivity index is 1.71. The highest BCUT2D eigenvalue weighted by Crippen LogP contribution is 2.32. The molecule has 0 spiro atoms. The van der Waals surface area contributed by atoms with E-state index in [9.17, 15) is 9.59 Å². The van der Waals surface area contributed by atoms with Crippen molar-refractivity contribution >= 4 is 35.0 Å². The Morgan fingerprint density at radius 3 is 2.96 bits per heavy atom. The minimum atomic E-state index is -0.204. The van der Waals surface area contributed by atoms with Crippen molar-refractivity contribution in [3.05, 3.63) is 30.6 Å². The van der Waals surface area contributed by atoms with Crippen molar-refractivity contribution in [2.75, 3.05) is 16.0 Å². The van der Waals surface area contributed by atoms with Crippen LogP contribution < -0.4 is 10.2 Å². The van der Waals surface area contributed by atoms with Crippen molar-refractivity contribution in [1.82, 2.24) is 14.8 Å². The Morgan fingerprint density at radius 2 is 2.15 bits per heavy atom. The summed E-state index contributed by atoms with van der Waals surface area (Å²) in [5.74, 6) is 0.132. The van der Waals surface area contributed by atoms with Crippen molar-refractivity contribution in [1.29, 1.82) is 0 Å². The van der Waals surface area contributed by atoms with Crippen LogP contribution in [0.25, 0.3) is 0 Å². The average molecular weight is 388 g/mol. The van der Waals surface area contributed by atoms with Crippen molar-refractivity contribution < 1.29 is 9.59 Å². The van der Waals surface area contributed by atoms with Crippen LogP contribution in [0.5, 0.6) is 0 Å². The van der Waals surface area contributed by atoms with Crippen LogP contribution in [0.15, 0.2) is 35.7 Å². The zero-order chi connectivity index (χ0) is 19.2. The molecular weight excluding hydrogens is 362 g/mol. The molecule has 2 aromatic rings. The Bertz CT molecular complexity index is 807. The molecule has 2 heterocycles. The van der Waals surface area contributed by atoms with Gasteiger partial charge in [0.15, 0.2) is 5.16 Å². The molecule has 0 fully saturated rings. The normalized spacial score (nSPS) is 16.6.